The SMILES string of the molecule is CN(Cc1ccccc1)[C@@H]1CCN(CCCc2c[nH]c3ccc(-n4cnnc4)cc23)C[C@@H]1F. The molecule has 5 rings (SSSR count). The topological polar surface area (TPSA) is 53.0 Å². The molecule has 3 heterocycles. The molecule has 1 N–H and O–H groups in total. The maximum absolute atomic E-state index is 15.0. The Hall–Kier alpha value is -3.03. The number of fused-ring (bicyclic) bond motifs is 1. The van der Waals surface area contributed by atoms with Crippen LogP contribution in [0.3, 0.4) is 0 Å². The van der Waals surface area contributed by atoms with Crippen molar-refractivity contribution in [1.29, 1.82) is 0 Å². The predicted molar refractivity (Wildman–Crippen MR) is 129 cm³/mol. The van der Waals surface area contributed by atoms with E-state index in [0.717, 1.165) is 50.1 Å². The maximum atomic E-state index is 15.0. The first kappa shape index (κ1) is 21.8. The van der Waals surface area contributed by atoms with Crippen LogP contribution in [-0.2, 0) is 13.0 Å². The molecule has 0 spiro atoms. The number of aryl methyl sites for hydroxylation is 1. The summed E-state index contributed by atoms with van der Waals surface area (Å²) >= 11 is 0. The number of aromatic amines is 1. The highest BCUT2D eigenvalue weighted by Gasteiger charge is 2.31. The van der Waals surface area contributed by atoms with Gasteiger partial charge in [0.1, 0.15) is 18.8 Å². The minimum absolute atomic E-state index is 0.00818. The molecule has 1 fully saturated rings. The fourth-order valence-electron chi connectivity index (χ4n) is 5.00. The van der Waals surface area contributed by atoms with Gasteiger partial charge in [-0.25, -0.2) is 4.39 Å². The summed E-state index contributed by atoms with van der Waals surface area (Å²) in [6, 6.07) is 16.7. The van der Waals surface area contributed by atoms with Gasteiger partial charge in [0.15, 0.2) is 0 Å². The van der Waals surface area contributed by atoms with Gasteiger partial charge in [-0.15, -0.1) is 10.2 Å². The van der Waals surface area contributed by atoms with Crippen LogP contribution in [0.5, 0.6) is 0 Å². The number of H-pyrrole nitrogens is 1. The normalized spacial score (nSPS) is 19.5. The number of alkyl halides is 1. The van der Waals surface area contributed by atoms with Crippen molar-refractivity contribution < 1.29 is 4.39 Å². The highest BCUT2D eigenvalue weighted by molar-refractivity contribution is 5.85. The summed E-state index contributed by atoms with van der Waals surface area (Å²) in [5.74, 6) is 0. The molecule has 0 saturated carbocycles. The molecule has 1 aliphatic heterocycles. The lowest BCUT2D eigenvalue weighted by Gasteiger charge is -2.39. The van der Waals surface area contributed by atoms with Crippen molar-refractivity contribution in [3.05, 3.63) is 78.5 Å². The quantitative estimate of drug-likeness (QED) is 0.440. The predicted octanol–water partition coefficient (Wildman–Crippen LogP) is 4.23. The van der Waals surface area contributed by atoms with Crippen molar-refractivity contribution in [3.8, 4) is 5.69 Å². The van der Waals surface area contributed by atoms with Crippen LogP contribution in [0, 0.1) is 0 Å². The van der Waals surface area contributed by atoms with Gasteiger partial charge in [0.05, 0.1) is 0 Å². The number of piperidine rings is 1. The van der Waals surface area contributed by atoms with Gasteiger partial charge in [-0.1, -0.05) is 30.3 Å². The maximum Gasteiger partial charge on any atom is 0.128 e. The van der Waals surface area contributed by atoms with Gasteiger partial charge in [-0.2, -0.15) is 0 Å². The molecule has 33 heavy (non-hydrogen) atoms. The largest absolute Gasteiger partial charge is 0.361 e. The number of nitrogens with zero attached hydrogens (tertiary/aromatic N) is 5. The van der Waals surface area contributed by atoms with Crippen LogP contribution < -0.4 is 0 Å². The minimum Gasteiger partial charge on any atom is -0.361 e. The summed E-state index contributed by atoms with van der Waals surface area (Å²) in [7, 11) is 2.05. The van der Waals surface area contributed by atoms with Gasteiger partial charge >= 0.3 is 0 Å². The number of halogens is 1. The van der Waals surface area contributed by atoms with Crippen LogP contribution >= 0.6 is 0 Å². The van der Waals surface area contributed by atoms with Gasteiger partial charge in [0.2, 0.25) is 0 Å². The Morgan fingerprint density at radius 2 is 1.94 bits per heavy atom. The zero-order valence-electron chi connectivity index (χ0n) is 19.1. The standard InChI is InChI=1S/C26H31FN6/c1-31(16-20-6-3-2-4-7-20)26-11-13-32(17-24(26)27)12-5-8-21-15-28-25-10-9-22(14-23(21)25)33-18-29-30-19-33/h2-4,6-7,9-10,14-15,18-19,24,26,28H,5,8,11-13,16-17H2,1H3/t24-,26+/m0/s1. The first-order valence-electron chi connectivity index (χ1n) is 11.7. The van der Waals surface area contributed by atoms with Gasteiger partial charge in [0, 0.05) is 41.9 Å². The lowest BCUT2D eigenvalue weighted by atomic mass is 10.00. The zero-order chi connectivity index (χ0) is 22.6. The fraction of sp³-hybridized carbons (Fsp3) is 0.385. The van der Waals surface area contributed by atoms with E-state index < -0.39 is 6.17 Å². The lowest BCUT2D eigenvalue weighted by molar-refractivity contribution is 0.0429. The molecular formula is C26H31FN6. The Labute approximate surface area is 194 Å². The number of hydrogen-bond acceptors (Lipinski definition) is 4. The molecule has 0 radical (unpaired) electrons. The molecule has 7 heteroatoms. The number of aromatic nitrogens is 4. The molecule has 2 atom stereocenters. The Kier molecular flexibility index (Phi) is 6.51. The van der Waals surface area contributed by atoms with E-state index in [0.29, 0.717) is 6.54 Å². The molecule has 6 nitrogen and oxygen atoms in total. The molecule has 2 aromatic carbocycles. The summed E-state index contributed by atoms with van der Waals surface area (Å²) in [6.07, 6.45) is 7.57. The van der Waals surface area contributed by atoms with Gasteiger partial charge in [0.25, 0.3) is 0 Å². The van der Waals surface area contributed by atoms with E-state index in [-0.39, 0.29) is 6.04 Å². The number of likely N-dealkylation sites (tertiary alicyclic amines) is 1. The average molecular weight is 447 g/mol. The highest BCUT2D eigenvalue weighted by atomic mass is 19.1. The van der Waals surface area contributed by atoms with Crippen molar-refractivity contribution >= 4 is 10.9 Å². The molecule has 0 unspecified atom stereocenters. The molecule has 172 valence electrons. The molecule has 0 aliphatic carbocycles. The van der Waals surface area contributed by atoms with Crippen LogP contribution in [-0.4, -0.2) is 68.4 Å². The zero-order valence-corrected chi connectivity index (χ0v) is 19.1. The Morgan fingerprint density at radius 3 is 2.73 bits per heavy atom. The fourth-order valence-corrected chi connectivity index (χ4v) is 5.00. The number of rotatable bonds is 8. The van der Waals surface area contributed by atoms with Gasteiger partial charge in [-0.3, -0.25) is 9.47 Å². The molecule has 0 bridgehead atoms. The van der Waals surface area contributed by atoms with Crippen molar-refractivity contribution in [2.45, 2.75) is 38.0 Å². The third-order valence-electron chi connectivity index (χ3n) is 6.82. The third kappa shape index (κ3) is 4.99. The summed E-state index contributed by atoms with van der Waals surface area (Å²) in [4.78, 5) is 7.84. The second kappa shape index (κ2) is 9.85. The smallest absolute Gasteiger partial charge is 0.128 e. The first-order chi connectivity index (χ1) is 16.2. The molecular weight excluding hydrogens is 415 g/mol. The van der Waals surface area contributed by atoms with Crippen LogP contribution in [0.1, 0.15) is 24.0 Å². The molecule has 2 aromatic heterocycles. The monoisotopic (exact) mass is 446 g/mol. The highest BCUT2D eigenvalue weighted by Crippen LogP contribution is 2.24. The summed E-state index contributed by atoms with van der Waals surface area (Å²) in [5.41, 5.74) is 4.72. The summed E-state index contributed by atoms with van der Waals surface area (Å²) in [6.45, 7) is 3.20. The van der Waals surface area contributed by atoms with Gasteiger partial charge in [-0.05, 0) is 68.7 Å². The Morgan fingerprint density at radius 1 is 1.12 bits per heavy atom. The second-order valence-corrected chi connectivity index (χ2v) is 9.09. The van der Waals surface area contributed by atoms with E-state index in [4.69, 9.17) is 0 Å². The number of benzene rings is 2. The number of hydrogen-bond donors (Lipinski definition) is 1. The van der Waals surface area contributed by atoms with E-state index in [9.17, 15) is 0 Å². The van der Waals surface area contributed by atoms with Gasteiger partial charge < -0.3 is 9.88 Å². The van der Waals surface area contributed by atoms with Crippen LogP contribution in [0.4, 0.5) is 4.39 Å². The molecule has 4 aromatic rings. The van der Waals surface area contributed by atoms with E-state index in [1.807, 2.05) is 29.8 Å². The molecule has 1 aliphatic rings. The van der Waals surface area contributed by atoms with Crippen molar-refractivity contribution in [1.82, 2.24) is 29.5 Å². The lowest BCUT2D eigenvalue weighted by Crippen LogP contribution is -2.51. The first-order valence-corrected chi connectivity index (χ1v) is 11.7. The van der Waals surface area contributed by atoms with Crippen molar-refractivity contribution in [2.75, 3.05) is 26.7 Å². The van der Waals surface area contributed by atoms with E-state index in [2.05, 4.69) is 61.5 Å². The van der Waals surface area contributed by atoms with Crippen molar-refractivity contribution in [3.63, 3.8) is 0 Å². The van der Waals surface area contributed by atoms with Crippen LogP contribution in [0.25, 0.3) is 16.6 Å². The number of nitrogens with one attached hydrogen (secondary N) is 1. The van der Waals surface area contributed by atoms with Crippen molar-refractivity contribution in [2.24, 2.45) is 0 Å². The van der Waals surface area contributed by atoms with E-state index in [1.54, 1.807) is 12.7 Å². The second-order valence-electron chi connectivity index (χ2n) is 9.09. The third-order valence-corrected chi connectivity index (χ3v) is 6.82. The average Bonchev–Trinajstić information content (AvgIpc) is 3.50. The Bertz CT molecular complexity index is 1160. The summed E-state index contributed by atoms with van der Waals surface area (Å²) < 4.78 is 17.0. The molecule has 0 amide bonds. The summed E-state index contributed by atoms with van der Waals surface area (Å²) in [5, 5.41) is 9.03. The van der Waals surface area contributed by atoms with E-state index in [1.165, 1.54) is 16.5 Å². The van der Waals surface area contributed by atoms with E-state index >= 15 is 4.39 Å². The minimum atomic E-state index is -0.813. The van der Waals surface area contributed by atoms with Crippen LogP contribution in [0.15, 0.2) is 67.4 Å². The molecule has 1 saturated heterocycles. The van der Waals surface area contributed by atoms with Crippen LogP contribution in [0.2, 0.25) is 0 Å². The Balaban J connectivity index is 1.14.